The second-order valence-electron chi connectivity index (χ2n) is 5.84. The predicted octanol–water partition coefficient (Wildman–Crippen LogP) is 2.00. The molecule has 0 spiro atoms. The number of sulfonamides is 1. The summed E-state index contributed by atoms with van der Waals surface area (Å²) in [5, 5.41) is 0. The molecule has 0 aliphatic carbocycles. The molecule has 1 saturated heterocycles. The molecule has 1 N–H and O–H groups in total. The zero-order chi connectivity index (χ0) is 16.8. The number of benzene rings is 2. The predicted molar refractivity (Wildman–Crippen MR) is 93.0 cm³/mol. The zero-order valence-corrected chi connectivity index (χ0v) is 14.3. The van der Waals surface area contributed by atoms with Crippen molar-refractivity contribution in [3.05, 3.63) is 65.7 Å². The Morgan fingerprint density at radius 3 is 2.21 bits per heavy atom. The summed E-state index contributed by atoms with van der Waals surface area (Å²) < 4.78 is 32.4. The summed E-state index contributed by atoms with van der Waals surface area (Å²) in [6.45, 7) is 4.68. The van der Waals surface area contributed by atoms with Crippen molar-refractivity contribution < 1.29 is 13.2 Å². The van der Waals surface area contributed by atoms with Gasteiger partial charge in [-0.25, -0.2) is 13.1 Å². The number of ether oxygens (including phenoxy) is 1. The van der Waals surface area contributed by atoms with Gasteiger partial charge in [-0.3, -0.25) is 4.90 Å². The Kier molecular flexibility index (Phi) is 5.63. The van der Waals surface area contributed by atoms with Gasteiger partial charge in [0.1, 0.15) is 0 Å². The maximum atomic E-state index is 12.2. The lowest BCUT2D eigenvalue weighted by molar-refractivity contribution is 0.0342. The van der Waals surface area contributed by atoms with Gasteiger partial charge in [-0.1, -0.05) is 42.5 Å². The molecule has 1 fully saturated rings. The minimum Gasteiger partial charge on any atom is -0.379 e. The second-order valence-corrected chi connectivity index (χ2v) is 7.61. The summed E-state index contributed by atoms with van der Waals surface area (Å²) in [5.74, 6) is 0. The molecule has 0 atom stereocenters. The fraction of sp³-hybridized carbons (Fsp3) is 0.333. The van der Waals surface area contributed by atoms with E-state index in [1.54, 1.807) is 30.3 Å². The average Bonchev–Trinajstić information content (AvgIpc) is 2.63. The first kappa shape index (κ1) is 17.1. The van der Waals surface area contributed by atoms with E-state index in [4.69, 9.17) is 4.74 Å². The van der Waals surface area contributed by atoms with E-state index in [1.807, 2.05) is 12.1 Å². The zero-order valence-electron chi connectivity index (χ0n) is 13.5. The molecule has 5 nitrogen and oxygen atoms in total. The van der Waals surface area contributed by atoms with E-state index in [0.29, 0.717) is 0 Å². The average molecular weight is 346 g/mol. The summed E-state index contributed by atoms with van der Waals surface area (Å²) in [6.07, 6.45) is 0. The highest BCUT2D eigenvalue weighted by molar-refractivity contribution is 7.89. The molecule has 0 saturated carbocycles. The van der Waals surface area contributed by atoms with E-state index < -0.39 is 10.0 Å². The van der Waals surface area contributed by atoms with E-state index in [9.17, 15) is 8.42 Å². The van der Waals surface area contributed by atoms with Gasteiger partial charge in [0.05, 0.1) is 18.1 Å². The molecule has 1 aliphatic heterocycles. The van der Waals surface area contributed by atoms with Crippen molar-refractivity contribution in [1.82, 2.24) is 9.62 Å². The Morgan fingerprint density at radius 2 is 1.54 bits per heavy atom. The standard InChI is InChI=1S/C18H22N2O3S/c21-24(22,18-4-2-1-3-5-18)19-14-16-6-8-17(9-7-16)15-20-10-12-23-13-11-20/h1-9,19H,10-15H2. The molecule has 0 unspecified atom stereocenters. The molecule has 0 radical (unpaired) electrons. The van der Waals surface area contributed by atoms with Gasteiger partial charge in [0.15, 0.2) is 0 Å². The summed E-state index contributed by atoms with van der Waals surface area (Å²) in [7, 11) is -3.46. The van der Waals surface area contributed by atoms with Crippen LogP contribution in [-0.2, 0) is 27.8 Å². The number of hydrogen-bond acceptors (Lipinski definition) is 4. The van der Waals surface area contributed by atoms with Crippen molar-refractivity contribution in [3.8, 4) is 0 Å². The normalized spacial score (nSPS) is 16.2. The first-order valence-corrected chi connectivity index (χ1v) is 9.54. The molecule has 24 heavy (non-hydrogen) atoms. The molecule has 1 heterocycles. The van der Waals surface area contributed by atoms with Crippen molar-refractivity contribution in [2.75, 3.05) is 26.3 Å². The maximum absolute atomic E-state index is 12.2. The minimum absolute atomic E-state index is 0.286. The molecular formula is C18H22N2O3S. The van der Waals surface area contributed by atoms with E-state index in [0.717, 1.165) is 38.4 Å². The summed E-state index contributed by atoms with van der Waals surface area (Å²) >= 11 is 0. The van der Waals surface area contributed by atoms with Crippen LogP contribution in [0.2, 0.25) is 0 Å². The lowest BCUT2D eigenvalue weighted by atomic mass is 10.1. The fourth-order valence-electron chi connectivity index (χ4n) is 2.64. The monoisotopic (exact) mass is 346 g/mol. The van der Waals surface area contributed by atoms with Crippen LogP contribution in [0.3, 0.4) is 0 Å². The van der Waals surface area contributed by atoms with Crippen molar-refractivity contribution in [3.63, 3.8) is 0 Å². The quantitative estimate of drug-likeness (QED) is 0.869. The molecular weight excluding hydrogens is 324 g/mol. The van der Waals surface area contributed by atoms with Gasteiger partial charge in [0.25, 0.3) is 0 Å². The smallest absolute Gasteiger partial charge is 0.240 e. The molecule has 128 valence electrons. The van der Waals surface area contributed by atoms with Crippen molar-refractivity contribution in [2.24, 2.45) is 0 Å². The number of rotatable bonds is 6. The highest BCUT2D eigenvalue weighted by Gasteiger charge is 2.13. The first-order valence-electron chi connectivity index (χ1n) is 8.06. The molecule has 2 aromatic rings. The third-order valence-corrected chi connectivity index (χ3v) is 5.47. The van der Waals surface area contributed by atoms with Crippen LogP contribution in [0.15, 0.2) is 59.5 Å². The van der Waals surface area contributed by atoms with E-state index in [-0.39, 0.29) is 11.4 Å². The summed E-state index contributed by atoms with van der Waals surface area (Å²) in [6, 6.07) is 16.5. The van der Waals surface area contributed by atoms with Crippen LogP contribution in [0.5, 0.6) is 0 Å². The first-order chi connectivity index (χ1) is 11.6. The van der Waals surface area contributed by atoms with Crippen LogP contribution in [-0.4, -0.2) is 39.6 Å². The van der Waals surface area contributed by atoms with Gasteiger partial charge in [0, 0.05) is 26.2 Å². The van der Waals surface area contributed by atoms with Gasteiger partial charge < -0.3 is 4.74 Å². The maximum Gasteiger partial charge on any atom is 0.240 e. The van der Waals surface area contributed by atoms with E-state index in [1.165, 1.54) is 5.56 Å². The van der Waals surface area contributed by atoms with Gasteiger partial charge >= 0.3 is 0 Å². The van der Waals surface area contributed by atoms with Gasteiger partial charge in [0.2, 0.25) is 10.0 Å². The summed E-state index contributed by atoms with van der Waals surface area (Å²) in [5.41, 5.74) is 2.17. The van der Waals surface area contributed by atoms with Crippen molar-refractivity contribution >= 4 is 10.0 Å². The third-order valence-electron chi connectivity index (χ3n) is 4.05. The Hall–Kier alpha value is -1.73. The number of morpholine rings is 1. The molecule has 1 aliphatic rings. The minimum atomic E-state index is -3.46. The molecule has 0 amide bonds. The van der Waals surface area contributed by atoms with Crippen LogP contribution in [0.25, 0.3) is 0 Å². The van der Waals surface area contributed by atoms with E-state index >= 15 is 0 Å². The van der Waals surface area contributed by atoms with Crippen LogP contribution < -0.4 is 4.72 Å². The summed E-state index contributed by atoms with van der Waals surface area (Å²) in [4.78, 5) is 2.64. The Labute approximate surface area is 143 Å². The third kappa shape index (κ3) is 4.64. The molecule has 6 heteroatoms. The van der Waals surface area contributed by atoms with Crippen LogP contribution >= 0.6 is 0 Å². The molecule has 2 aromatic carbocycles. The lowest BCUT2D eigenvalue weighted by Crippen LogP contribution is -2.35. The number of nitrogens with one attached hydrogen (secondary N) is 1. The molecule has 0 aromatic heterocycles. The van der Waals surface area contributed by atoms with Crippen LogP contribution in [0.4, 0.5) is 0 Å². The van der Waals surface area contributed by atoms with Crippen LogP contribution in [0.1, 0.15) is 11.1 Å². The fourth-order valence-corrected chi connectivity index (χ4v) is 3.68. The van der Waals surface area contributed by atoms with Crippen LogP contribution in [0, 0.1) is 0 Å². The Morgan fingerprint density at radius 1 is 0.917 bits per heavy atom. The van der Waals surface area contributed by atoms with Gasteiger partial charge in [-0.05, 0) is 23.3 Å². The highest BCUT2D eigenvalue weighted by Crippen LogP contribution is 2.11. The van der Waals surface area contributed by atoms with Crippen molar-refractivity contribution in [2.45, 2.75) is 18.0 Å². The van der Waals surface area contributed by atoms with Gasteiger partial charge in [-0.15, -0.1) is 0 Å². The van der Waals surface area contributed by atoms with Crippen molar-refractivity contribution in [1.29, 1.82) is 0 Å². The Bertz CT molecular complexity index is 740. The highest BCUT2D eigenvalue weighted by atomic mass is 32.2. The van der Waals surface area contributed by atoms with E-state index in [2.05, 4.69) is 21.8 Å². The second kappa shape index (κ2) is 7.90. The number of hydrogen-bond donors (Lipinski definition) is 1. The van der Waals surface area contributed by atoms with Gasteiger partial charge in [-0.2, -0.15) is 0 Å². The topological polar surface area (TPSA) is 58.6 Å². The lowest BCUT2D eigenvalue weighted by Gasteiger charge is -2.26. The SMILES string of the molecule is O=S(=O)(NCc1ccc(CN2CCOCC2)cc1)c1ccccc1. The number of nitrogens with zero attached hydrogens (tertiary/aromatic N) is 1. The molecule has 0 bridgehead atoms. The Balaban J connectivity index is 1.56. The molecule has 3 rings (SSSR count). The largest absolute Gasteiger partial charge is 0.379 e.